The monoisotopic (exact) mass is 354 g/mol. The summed E-state index contributed by atoms with van der Waals surface area (Å²) in [4.78, 5) is 16.5. The SMILES string of the molecule is COc1cccc(-c2nsc(NC(=O)c3cccc(F)c3C#N)n2)c1. The van der Waals surface area contributed by atoms with Crippen molar-refractivity contribution in [2.45, 2.75) is 0 Å². The van der Waals surface area contributed by atoms with E-state index in [-0.39, 0.29) is 16.3 Å². The molecular weight excluding hydrogens is 343 g/mol. The molecule has 0 aliphatic heterocycles. The molecule has 8 heteroatoms. The third-order valence-corrected chi connectivity index (χ3v) is 3.97. The smallest absolute Gasteiger partial charge is 0.258 e. The lowest BCUT2D eigenvalue weighted by Gasteiger charge is -2.04. The number of methoxy groups -OCH3 is 1. The minimum absolute atomic E-state index is 0.0550. The van der Waals surface area contributed by atoms with Crippen molar-refractivity contribution < 1.29 is 13.9 Å². The topological polar surface area (TPSA) is 87.9 Å². The van der Waals surface area contributed by atoms with Gasteiger partial charge in [0.05, 0.1) is 12.7 Å². The highest BCUT2D eigenvalue weighted by Gasteiger charge is 2.17. The molecule has 0 saturated heterocycles. The zero-order valence-electron chi connectivity index (χ0n) is 13.0. The average Bonchev–Trinajstić information content (AvgIpc) is 3.10. The number of halogens is 1. The summed E-state index contributed by atoms with van der Waals surface area (Å²) < 4.78 is 23.0. The normalized spacial score (nSPS) is 10.1. The molecule has 124 valence electrons. The van der Waals surface area contributed by atoms with Crippen LogP contribution in [0.4, 0.5) is 9.52 Å². The maximum atomic E-state index is 13.6. The number of carbonyl (C=O) groups excluding carboxylic acids is 1. The van der Waals surface area contributed by atoms with Crippen LogP contribution in [0, 0.1) is 17.1 Å². The van der Waals surface area contributed by atoms with Gasteiger partial charge in [0, 0.05) is 17.1 Å². The van der Waals surface area contributed by atoms with E-state index in [1.54, 1.807) is 31.4 Å². The van der Waals surface area contributed by atoms with Crippen molar-refractivity contribution in [1.82, 2.24) is 9.36 Å². The second kappa shape index (κ2) is 7.07. The maximum Gasteiger partial charge on any atom is 0.258 e. The predicted octanol–water partition coefficient (Wildman–Crippen LogP) is 3.48. The van der Waals surface area contributed by atoms with Crippen LogP contribution in [0.5, 0.6) is 5.75 Å². The van der Waals surface area contributed by atoms with Crippen molar-refractivity contribution in [1.29, 1.82) is 5.26 Å². The number of amides is 1. The van der Waals surface area contributed by atoms with Crippen molar-refractivity contribution in [3.8, 4) is 23.2 Å². The van der Waals surface area contributed by atoms with E-state index in [0.717, 1.165) is 23.2 Å². The first-order valence-corrected chi connectivity index (χ1v) is 7.88. The highest BCUT2D eigenvalue weighted by atomic mass is 32.1. The van der Waals surface area contributed by atoms with Crippen LogP contribution in [-0.2, 0) is 0 Å². The molecule has 0 fully saturated rings. The largest absolute Gasteiger partial charge is 0.497 e. The Balaban J connectivity index is 1.83. The Hall–Kier alpha value is -3.31. The number of nitrogens with zero attached hydrogens (tertiary/aromatic N) is 3. The van der Waals surface area contributed by atoms with E-state index in [4.69, 9.17) is 10.00 Å². The van der Waals surface area contributed by atoms with Crippen molar-refractivity contribution in [2.75, 3.05) is 12.4 Å². The lowest BCUT2D eigenvalue weighted by molar-refractivity contribution is 0.102. The summed E-state index contributed by atoms with van der Waals surface area (Å²) in [7, 11) is 1.56. The van der Waals surface area contributed by atoms with Gasteiger partial charge in [-0.3, -0.25) is 10.1 Å². The van der Waals surface area contributed by atoms with Gasteiger partial charge in [-0.15, -0.1) is 0 Å². The van der Waals surface area contributed by atoms with Gasteiger partial charge >= 0.3 is 0 Å². The third kappa shape index (κ3) is 3.46. The molecular formula is C17H11FN4O2S. The van der Waals surface area contributed by atoms with E-state index >= 15 is 0 Å². The zero-order valence-corrected chi connectivity index (χ0v) is 13.8. The Labute approximate surface area is 146 Å². The number of anilines is 1. The Bertz CT molecular complexity index is 981. The van der Waals surface area contributed by atoms with Crippen LogP contribution in [0.15, 0.2) is 42.5 Å². The number of nitriles is 1. The lowest BCUT2D eigenvalue weighted by atomic mass is 10.1. The van der Waals surface area contributed by atoms with E-state index in [0.29, 0.717) is 11.6 Å². The third-order valence-electron chi connectivity index (χ3n) is 3.34. The minimum atomic E-state index is -0.746. The van der Waals surface area contributed by atoms with E-state index in [9.17, 15) is 9.18 Å². The molecule has 6 nitrogen and oxygen atoms in total. The molecule has 0 aliphatic carbocycles. The van der Waals surface area contributed by atoms with Crippen molar-refractivity contribution in [3.05, 3.63) is 59.4 Å². The van der Waals surface area contributed by atoms with Gasteiger partial charge in [0.15, 0.2) is 5.82 Å². The first-order chi connectivity index (χ1) is 12.1. The van der Waals surface area contributed by atoms with E-state index < -0.39 is 11.7 Å². The maximum absolute atomic E-state index is 13.6. The molecule has 3 aromatic rings. The predicted molar refractivity (Wildman–Crippen MR) is 91.0 cm³/mol. The van der Waals surface area contributed by atoms with Crippen LogP contribution in [0.2, 0.25) is 0 Å². The fourth-order valence-corrected chi connectivity index (χ4v) is 2.73. The Morgan fingerprint density at radius 1 is 1.32 bits per heavy atom. The van der Waals surface area contributed by atoms with Crippen LogP contribution in [0.3, 0.4) is 0 Å². The van der Waals surface area contributed by atoms with Gasteiger partial charge in [0.2, 0.25) is 5.13 Å². The molecule has 0 spiro atoms. The number of benzene rings is 2. The number of nitrogens with one attached hydrogen (secondary N) is 1. The first-order valence-electron chi connectivity index (χ1n) is 7.10. The summed E-state index contributed by atoms with van der Waals surface area (Å²) in [6.45, 7) is 0. The number of aromatic nitrogens is 2. The number of rotatable bonds is 4. The molecule has 3 rings (SSSR count). The van der Waals surface area contributed by atoms with Crippen LogP contribution >= 0.6 is 11.5 Å². The van der Waals surface area contributed by atoms with Crippen LogP contribution in [-0.4, -0.2) is 22.4 Å². The van der Waals surface area contributed by atoms with E-state index in [1.165, 1.54) is 12.1 Å². The van der Waals surface area contributed by atoms with Crippen LogP contribution in [0.1, 0.15) is 15.9 Å². The molecule has 0 atom stereocenters. The Kier molecular flexibility index (Phi) is 4.68. The summed E-state index contributed by atoms with van der Waals surface area (Å²) in [5, 5.41) is 11.8. The molecule has 2 aromatic carbocycles. The van der Waals surface area contributed by atoms with Crippen molar-refractivity contribution >= 4 is 22.6 Å². The van der Waals surface area contributed by atoms with E-state index in [1.807, 2.05) is 6.07 Å². The lowest BCUT2D eigenvalue weighted by Crippen LogP contribution is -2.14. The average molecular weight is 354 g/mol. The highest BCUT2D eigenvalue weighted by molar-refractivity contribution is 7.10. The molecule has 1 N–H and O–H groups in total. The molecule has 1 amide bonds. The first kappa shape index (κ1) is 16.5. The quantitative estimate of drug-likeness (QED) is 0.775. The molecule has 0 unspecified atom stereocenters. The van der Waals surface area contributed by atoms with Gasteiger partial charge in [-0.25, -0.2) is 4.39 Å². The van der Waals surface area contributed by atoms with Crippen LogP contribution < -0.4 is 10.1 Å². The molecule has 0 aliphatic rings. The second-order valence-electron chi connectivity index (χ2n) is 4.88. The molecule has 0 saturated carbocycles. The summed E-state index contributed by atoms with van der Waals surface area (Å²) in [5.41, 5.74) is 0.373. The van der Waals surface area contributed by atoms with Gasteiger partial charge in [-0.05, 0) is 24.3 Å². The fourth-order valence-electron chi connectivity index (χ4n) is 2.15. The van der Waals surface area contributed by atoms with Crippen LogP contribution in [0.25, 0.3) is 11.4 Å². The summed E-state index contributed by atoms with van der Waals surface area (Å²) in [5.74, 6) is -0.274. The van der Waals surface area contributed by atoms with E-state index in [2.05, 4.69) is 14.7 Å². The number of ether oxygens (including phenoxy) is 1. The number of hydrogen-bond acceptors (Lipinski definition) is 6. The summed E-state index contributed by atoms with van der Waals surface area (Å²) >= 11 is 0.988. The Morgan fingerprint density at radius 3 is 2.88 bits per heavy atom. The molecule has 0 radical (unpaired) electrons. The second-order valence-corrected chi connectivity index (χ2v) is 5.64. The van der Waals surface area contributed by atoms with Gasteiger partial charge in [0.1, 0.15) is 23.2 Å². The molecule has 0 bridgehead atoms. The number of hydrogen-bond donors (Lipinski definition) is 1. The standard InChI is InChI=1S/C17H11FN4O2S/c1-24-11-5-2-4-10(8-11)15-20-17(25-22-15)21-16(23)12-6-3-7-14(18)13(12)9-19/h2-8H,1H3,(H,20,21,22,23). The number of carbonyl (C=O) groups is 1. The summed E-state index contributed by atoms with van der Waals surface area (Å²) in [6.07, 6.45) is 0. The van der Waals surface area contributed by atoms with Gasteiger partial charge in [-0.2, -0.15) is 14.6 Å². The van der Waals surface area contributed by atoms with Gasteiger partial charge in [-0.1, -0.05) is 18.2 Å². The van der Waals surface area contributed by atoms with Gasteiger partial charge < -0.3 is 4.74 Å². The zero-order chi connectivity index (χ0) is 17.8. The molecule has 1 aromatic heterocycles. The Morgan fingerprint density at radius 2 is 2.12 bits per heavy atom. The summed E-state index contributed by atoms with van der Waals surface area (Å²) in [6, 6.07) is 12.8. The minimum Gasteiger partial charge on any atom is -0.497 e. The molecule has 1 heterocycles. The molecule has 25 heavy (non-hydrogen) atoms. The van der Waals surface area contributed by atoms with Gasteiger partial charge in [0.25, 0.3) is 5.91 Å². The highest BCUT2D eigenvalue weighted by Crippen LogP contribution is 2.25. The fraction of sp³-hybridized carbons (Fsp3) is 0.0588. The van der Waals surface area contributed by atoms with Crippen molar-refractivity contribution in [2.24, 2.45) is 0 Å². The van der Waals surface area contributed by atoms with Crippen molar-refractivity contribution in [3.63, 3.8) is 0 Å².